The summed E-state index contributed by atoms with van der Waals surface area (Å²) < 4.78 is 57.6. The molecule has 120 valence electrons. The van der Waals surface area contributed by atoms with E-state index in [-0.39, 0.29) is 5.75 Å². The molecule has 1 aromatic rings. The molecule has 0 bridgehead atoms. The van der Waals surface area contributed by atoms with E-state index >= 15 is 0 Å². The van der Waals surface area contributed by atoms with E-state index in [9.17, 15) is 21.9 Å². The number of aromatic nitrogens is 1. The monoisotopic (exact) mass is 331 g/mol. The Labute approximate surface area is 119 Å². The van der Waals surface area contributed by atoms with Gasteiger partial charge in [0.1, 0.15) is 5.69 Å². The van der Waals surface area contributed by atoms with Crippen LogP contribution in [-0.4, -0.2) is 43.1 Å². The molecule has 1 fully saturated rings. The van der Waals surface area contributed by atoms with Gasteiger partial charge in [0.25, 0.3) is 5.88 Å². The third kappa shape index (κ3) is 5.94. The number of halogens is 4. The zero-order valence-electron chi connectivity index (χ0n) is 10.6. The van der Waals surface area contributed by atoms with Gasteiger partial charge in [-0.15, -0.1) is 0 Å². The van der Waals surface area contributed by atoms with Crippen molar-refractivity contribution >= 4 is 10.8 Å². The van der Waals surface area contributed by atoms with E-state index < -0.39 is 40.8 Å². The lowest BCUT2D eigenvalue weighted by molar-refractivity contribution is -0.142. The minimum atomic E-state index is -4.57. The van der Waals surface area contributed by atoms with E-state index in [1.807, 2.05) is 0 Å². The number of aliphatic hydroxyl groups is 2. The Hall–Kier alpha value is -1.26. The molecule has 3 atom stereocenters. The molecule has 0 amide bonds. The second-order valence-corrected chi connectivity index (χ2v) is 5.79. The normalized spacial score (nSPS) is 25.7. The number of aliphatic hydroxyl groups excluding tert-OH is 2. The third-order valence-corrected chi connectivity index (χ3v) is 3.94. The van der Waals surface area contributed by atoms with Crippen LogP contribution in [0.1, 0.15) is 12.1 Å². The van der Waals surface area contributed by atoms with Crippen molar-refractivity contribution in [3.63, 3.8) is 0 Å². The third-order valence-electron chi connectivity index (χ3n) is 2.54. The average molecular weight is 331 g/mol. The SMILES string of the molecule is FOc1cccc(C(F)(F)F)n1.O=S1CCC(O)C(O)C1. The molecule has 2 rings (SSSR count). The van der Waals surface area contributed by atoms with E-state index in [1.54, 1.807) is 0 Å². The first-order valence-corrected chi connectivity index (χ1v) is 7.26. The lowest BCUT2D eigenvalue weighted by Gasteiger charge is -2.21. The molecule has 2 heterocycles. The van der Waals surface area contributed by atoms with E-state index in [0.29, 0.717) is 12.2 Å². The van der Waals surface area contributed by atoms with Crippen molar-refractivity contribution in [1.82, 2.24) is 4.98 Å². The zero-order chi connectivity index (χ0) is 16.0. The Morgan fingerprint density at radius 1 is 1.29 bits per heavy atom. The van der Waals surface area contributed by atoms with Crippen molar-refractivity contribution < 1.29 is 37.1 Å². The van der Waals surface area contributed by atoms with Crippen LogP contribution in [-0.2, 0) is 17.0 Å². The molecule has 1 aromatic heterocycles. The summed E-state index contributed by atoms with van der Waals surface area (Å²) in [7, 11) is -0.901. The van der Waals surface area contributed by atoms with Gasteiger partial charge in [-0.25, -0.2) is 4.98 Å². The largest absolute Gasteiger partial charge is 0.433 e. The van der Waals surface area contributed by atoms with Gasteiger partial charge in [-0.2, -0.15) is 13.2 Å². The topological polar surface area (TPSA) is 79.7 Å². The number of rotatable bonds is 1. The quantitative estimate of drug-likeness (QED) is 0.757. The minimum Gasteiger partial charge on any atom is -0.390 e. The van der Waals surface area contributed by atoms with Gasteiger partial charge in [0, 0.05) is 27.1 Å². The second-order valence-electron chi connectivity index (χ2n) is 4.17. The smallest absolute Gasteiger partial charge is 0.390 e. The molecular formula is C11H13F4NO4S. The van der Waals surface area contributed by atoms with Crippen LogP contribution < -0.4 is 4.94 Å². The Balaban J connectivity index is 0.000000219. The van der Waals surface area contributed by atoms with E-state index in [0.717, 1.165) is 18.2 Å². The highest BCUT2D eigenvalue weighted by Crippen LogP contribution is 2.28. The molecule has 0 aliphatic carbocycles. The van der Waals surface area contributed by atoms with Gasteiger partial charge in [-0.1, -0.05) is 6.07 Å². The van der Waals surface area contributed by atoms with Gasteiger partial charge in [0.2, 0.25) is 0 Å². The fourth-order valence-electron chi connectivity index (χ4n) is 1.45. The van der Waals surface area contributed by atoms with Gasteiger partial charge in [0.05, 0.1) is 18.0 Å². The number of hydrogen-bond donors (Lipinski definition) is 2. The molecule has 1 saturated heterocycles. The van der Waals surface area contributed by atoms with E-state index in [4.69, 9.17) is 10.2 Å². The van der Waals surface area contributed by atoms with Gasteiger partial charge < -0.3 is 10.2 Å². The number of hydrogen-bond acceptors (Lipinski definition) is 5. The summed E-state index contributed by atoms with van der Waals surface area (Å²) in [6.45, 7) is 0. The summed E-state index contributed by atoms with van der Waals surface area (Å²) >= 11 is 0. The first-order chi connectivity index (χ1) is 9.74. The Morgan fingerprint density at radius 3 is 2.43 bits per heavy atom. The molecule has 21 heavy (non-hydrogen) atoms. The first-order valence-electron chi connectivity index (χ1n) is 5.78. The number of alkyl halides is 3. The first kappa shape index (κ1) is 17.8. The van der Waals surface area contributed by atoms with Crippen LogP contribution in [0.4, 0.5) is 17.7 Å². The molecule has 0 aromatic carbocycles. The van der Waals surface area contributed by atoms with Crippen LogP contribution in [0, 0.1) is 0 Å². The van der Waals surface area contributed by atoms with Crippen molar-refractivity contribution in [3.05, 3.63) is 23.9 Å². The Bertz CT molecular complexity index is 486. The van der Waals surface area contributed by atoms with Gasteiger partial charge in [-0.05, 0) is 12.5 Å². The van der Waals surface area contributed by atoms with Gasteiger partial charge >= 0.3 is 6.18 Å². The highest BCUT2D eigenvalue weighted by atomic mass is 32.2. The van der Waals surface area contributed by atoms with Crippen molar-refractivity contribution in [1.29, 1.82) is 0 Å². The van der Waals surface area contributed by atoms with Crippen molar-refractivity contribution in [2.24, 2.45) is 0 Å². The van der Waals surface area contributed by atoms with Gasteiger partial charge in [0.15, 0.2) is 0 Å². The number of pyridine rings is 1. The van der Waals surface area contributed by atoms with Crippen molar-refractivity contribution in [2.75, 3.05) is 11.5 Å². The van der Waals surface area contributed by atoms with E-state index in [1.165, 1.54) is 0 Å². The predicted molar refractivity (Wildman–Crippen MR) is 65.5 cm³/mol. The van der Waals surface area contributed by atoms with Crippen LogP contribution in [0.2, 0.25) is 0 Å². The molecule has 1 aliphatic rings. The lowest BCUT2D eigenvalue weighted by Crippen LogP contribution is -2.37. The zero-order valence-corrected chi connectivity index (χ0v) is 11.4. The predicted octanol–water partition coefficient (Wildman–Crippen LogP) is 1.22. The number of nitrogens with zero attached hydrogens (tertiary/aromatic N) is 1. The average Bonchev–Trinajstić information content (AvgIpc) is 2.43. The highest BCUT2D eigenvalue weighted by Gasteiger charge is 2.32. The molecule has 1 aliphatic heterocycles. The second kappa shape index (κ2) is 7.66. The Kier molecular flexibility index (Phi) is 6.49. The van der Waals surface area contributed by atoms with E-state index in [2.05, 4.69) is 9.93 Å². The maximum Gasteiger partial charge on any atom is 0.433 e. The van der Waals surface area contributed by atoms with Crippen LogP contribution in [0.3, 0.4) is 0 Å². The molecule has 2 N–H and O–H groups in total. The summed E-state index contributed by atoms with van der Waals surface area (Å²) in [4.78, 5) is 5.88. The summed E-state index contributed by atoms with van der Waals surface area (Å²) in [6, 6.07) is 2.71. The lowest BCUT2D eigenvalue weighted by atomic mass is 10.2. The molecule has 5 nitrogen and oxygen atoms in total. The molecule has 0 saturated carbocycles. The maximum atomic E-state index is 11.9. The standard InChI is InChI=1S/C6H3F4NO.C5H10O3S/c7-6(8,9)4-2-1-3-5(11-4)12-10;6-4-1-2-9(8)3-5(4)7/h1-3H;4-7H,1-3H2. The summed E-state index contributed by atoms with van der Waals surface area (Å²) in [5, 5.41) is 17.8. The maximum absolute atomic E-state index is 11.9. The minimum absolute atomic E-state index is 0.237. The fourth-order valence-corrected chi connectivity index (χ4v) is 2.72. The molecule has 0 spiro atoms. The Morgan fingerprint density at radius 2 is 1.95 bits per heavy atom. The fraction of sp³-hybridized carbons (Fsp3) is 0.545. The van der Waals surface area contributed by atoms with Crippen LogP contribution in [0.15, 0.2) is 18.2 Å². The molecule has 3 unspecified atom stereocenters. The molecule has 10 heteroatoms. The van der Waals surface area contributed by atoms with Crippen LogP contribution in [0.5, 0.6) is 5.88 Å². The van der Waals surface area contributed by atoms with Crippen molar-refractivity contribution in [3.8, 4) is 5.88 Å². The van der Waals surface area contributed by atoms with Gasteiger partial charge in [-0.3, -0.25) is 9.15 Å². The summed E-state index contributed by atoms with van der Waals surface area (Å²) in [6.07, 6.45) is -5.52. The summed E-state index contributed by atoms with van der Waals surface area (Å²) in [5.41, 5.74) is -1.18. The highest BCUT2D eigenvalue weighted by molar-refractivity contribution is 7.85. The van der Waals surface area contributed by atoms with Crippen LogP contribution >= 0.6 is 0 Å². The molecule has 0 radical (unpaired) electrons. The van der Waals surface area contributed by atoms with Crippen LogP contribution in [0.25, 0.3) is 0 Å². The van der Waals surface area contributed by atoms with Crippen molar-refractivity contribution in [2.45, 2.75) is 24.8 Å². The summed E-state index contributed by atoms with van der Waals surface area (Å²) in [5.74, 6) is 0.0594. The molecular weight excluding hydrogens is 318 g/mol.